The number of carbonyl (C=O) groups is 2. The molecule has 0 saturated carbocycles. The summed E-state index contributed by atoms with van der Waals surface area (Å²) >= 11 is 11.9. The van der Waals surface area contributed by atoms with Crippen LogP contribution in [0.2, 0.25) is 5.02 Å². The van der Waals surface area contributed by atoms with E-state index in [-0.39, 0.29) is 12.2 Å². The molecule has 7 heteroatoms. The average molecular weight is 414 g/mol. The predicted octanol–water partition coefficient (Wildman–Crippen LogP) is 3.58. The SMILES string of the molecule is CCOC(=O)C(Br)(Br)C(=O)c1cc(Cl)ccc1OC. The lowest BCUT2D eigenvalue weighted by atomic mass is 10.1. The van der Waals surface area contributed by atoms with Crippen LogP contribution in [0.4, 0.5) is 0 Å². The van der Waals surface area contributed by atoms with Gasteiger partial charge in [0, 0.05) is 5.02 Å². The number of alkyl halides is 2. The summed E-state index contributed by atoms with van der Waals surface area (Å²) in [6, 6.07) is 4.57. The molecule has 0 amide bonds. The van der Waals surface area contributed by atoms with Crippen molar-refractivity contribution >= 4 is 55.2 Å². The van der Waals surface area contributed by atoms with Gasteiger partial charge in [0.05, 0.1) is 19.3 Å². The van der Waals surface area contributed by atoms with E-state index >= 15 is 0 Å². The molecule has 0 aliphatic carbocycles. The fourth-order valence-electron chi connectivity index (χ4n) is 1.34. The van der Waals surface area contributed by atoms with Crippen LogP contribution in [-0.2, 0) is 9.53 Å². The van der Waals surface area contributed by atoms with Gasteiger partial charge in [-0.15, -0.1) is 0 Å². The molecule has 0 spiro atoms. The molecule has 0 fully saturated rings. The standard InChI is InChI=1S/C12H11Br2ClO4/c1-3-19-11(17)12(13,14)10(16)8-6-7(15)4-5-9(8)18-2/h4-6H,3H2,1-2H3. The second-order valence-corrected chi connectivity index (χ2v) is 7.35. The fraction of sp³-hybridized carbons (Fsp3) is 0.333. The Morgan fingerprint density at radius 1 is 1.37 bits per heavy atom. The first-order valence-corrected chi connectivity index (χ1v) is 7.24. The van der Waals surface area contributed by atoms with Gasteiger partial charge in [0.2, 0.25) is 9.02 Å². The van der Waals surface area contributed by atoms with E-state index in [9.17, 15) is 9.59 Å². The van der Waals surface area contributed by atoms with E-state index in [1.807, 2.05) is 0 Å². The van der Waals surface area contributed by atoms with Crippen LogP contribution in [0, 0.1) is 0 Å². The third kappa shape index (κ3) is 3.70. The molecule has 1 aromatic carbocycles. The smallest absolute Gasteiger partial charge is 0.342 e. The predicted molar refractivity (Wildman–Crippen MR) is 79.6 cm³/mol. The maximum absolute atomic E-state index is 12.4. The van der Waals surface area contributed by atoms with Gasteiger partial charge >= 0.3 is 5.97 Å². The number of ether oxygens (including phenoxy) is 2. The highest BCUT2D eigenvalue weighted by Crippen LogP contribution is 2.36. The average Bonchev–Trinajstić information content (AvgIpc) is 2.38. The molecule has 0 N–H and O–H groups in total. The van der Waals surface area contributed by atoms with Crippen LogP contribution in [0.25, 0.3) is 0 Å². The van der Waals surface area contributed by atoms with Crippen molar-refractivity contribution in [2.45, 2.75) is 10.2 Å². The van der Waals surface area contributed by atoms with Crippen LogP contribution < -0.4 is 4.74 Å². The second-order valence-electron chi connectivity index (χ2n) is 3.47. The number of halogens is 3. The van der Waals surface area contributed by atoms with Crippen molar-refractivity contribution in [1.29, 1.82) is 0 Å². The molecule has 1 aromatic rings. The van der Waals surface area contributed by atoms with Crippen LogP contribution in [0.1, 0.15) is 17.3 Å². The van der Waals surface area contributed by atoms with Crippen LogP contribution in [0.15, 0.2) is 18.2 Å². The number of hydrogen-bond donors (Lipinski definition) is 0. The molecular formula is C12H11Br2ClO4. The summed E-state index contributed by atoms with van der Waals surface area (Å²) in [6.45, 7) is 1.82. The molecular weight excluding hydrogens is 403 g/mol. The Bertz CT molecular complexity index is 503. The van der Waals surface area contributed by atoms with Crippen LogP contribution in [-0.4, -0.2) is 28.7 Å². The number of ketones is 1. The summed E-state index contributed by atoms with van der Waals surface area (Å²) in [5.41, 5.74) is 0.178. The van der Waals surface area contributed by atoms with Crippen molar-refractivity contribution < 1.29 is 19.1 Å². The highest BCUT2D eigenvalue weighted by atomic mass is 79.9. The molecule has 4 nitrogen and oxygen atoms in total. The van der Waals surface area contributed by atoms with Gasteiger partial charge in [0.1, 0.15) is 5.75 Å². The Labute approximate surface area is 132 Å². The zero-order valence-corrected chi connectivity index (χ0v) is 14.1. The summed E-state index contributed by atoms with van der Waals surface area (Å²) in [5.74, 6) is -0.964. The lowest BCUT2D eigenvalue weighted by Gasteiger charge is -2.18. The van der Waals surface area contributed by atoms with Crippen molar-refractivity contribution in [3.8, 4) is 5.75 Å². The normalized spacial score (nSPS) is 11.0. The molecule has 0 heterocycles. The molecule has 1 rings (SSSR count). The van der Waals surface area contributed by atoms with Crippen LogP contribution >= 0.6 is 43.5 Å². The number of benzene rings is 1. The van der Waals surface area contributed by atoms with Gasteiger partial charge in [-0.05, 0) is 25.1 Å². The molecule has 19 heavy (non-hydrogen) atoms. The van der Waals surface area contributed by atoms with Gasteiger partial charge in [0.25, 0.3) is 0 Å². The minimum Gasteiger partial charge on any atom is -0.496 e. The third-order valence-electron chi connectivity index (χ3n) is 2.22. The molecule has 0 aromatic heterocycles. The van der Waals surface area contributed by atoms with Gasteiger partial charge in [-0.3, -0.25) is 4.79 Å². The van der Waals surface area contributed by atoms with Gasteiger partial charge in [-0.2, -0.15) is 0 Å². The lowest BCUT2D eigenvalue weighted by molar-refractivity contribution is -0.141. The number of carbonyl (C=O) groups excluding carboxylic acids is 2. The number of hydrogen-bond acceptors (Lipinski definition) is 4. The van der Waals surface area contributed by atoms with Crippen LogP contribution in [0.3, 0.4) is 0 Å². The zero-order chi connectivity index (χ0) is 14.6. The molecule has 0 atom stereocenters. The van der Waals surface area contributed by atoms with Crippen molar-refractivity contribution in [1.82, 2.24) is 0 Å². The highest BCUT2D eigenvalue weighted by Gasteiger charge is 2.44. The monoisotopic (exact) mass is 412 g/mol. The molecule has 0 bridgehead atoms. The first-order chi connectivity index (χ1) is 8.84. The minimum absolute atomic E-state index is 0.164. The summed E-state index contributed by atoms with van der Waals surface area (Å²) in [4.78, 5) is 24.1. The highest BCUT2D eigenvalue weighted by molar-refractivity contribution is 9.26. The van der Waals surface area contributed by atoms with Crippen molar-refractivity contribution in [3.63, 3.8) is 0 Å². The van der Waals surface area contributed by atoms with Crippen LogP contribution in [0.5, 0.6) is 5.75 Å². The van der Waals surface area contributed by atoms with E-state index in [1.54, 1.807) is 19.1 Å². The molecule has 0 aliphatic heterocycles. The van der Waals surface area contributed by atoms with Crippen molar-refractivity contribution in [2.24, 2.45) is 0 Å². The van der Waals surface area contributed by atoms with Crippen molar-refractivity contribution in [2.75, 3.05) is 13.7 Å². The topological polar surface area (TPSA) is 52.6 Å². The first kappa shape index (κ1) is 16.5. The van der Waals surface area contributed by atoms with Gasteiger partial charge in [0.15, 0.2) is 0 Å². The first-order valence-electron chi connectivity index (χ1n) is 5.28. The molecule has 0 radical (unpaired) electrons. The van der Waals surface area contributed by atoms with Gasteiger partial charge in [-0.25, -0.2) is 4.79 Å². The van der Waals surface area contributed by atoms with Crippen molar-refractivity contribution in [3.05, 3.63) is 28.8 Å². The minimum atomic E-state index is -1.66. The maximum atomic E-state index is 12.4. The van der Waals surface area contributed by atoms with E-state index in [1.165, 1.54) is 13.2 Å². The van der Waals surface area contributed by atoms with E-state index in [0.29, 0.717) is 10.8 Å². The number of esters is 1. The Morgan fingerprint density at radius 3 is 2.53 bits per heavy atom. The second kappa shape index (κ2) is 6.72. The third-order valence-corrected chi connectivity index (χ3v) is 3.83. The quantitative estimate of drug-likeness (QED) is 0.320. The van der Waals surface area contributed by atoms with E-state index < -0.39 is 15.0 Å². The zero-order valence-electron chi connectivity index (χ0n) is 10.2. The van der Waals surface area contributed by atoms with E-state index in [4.69, 9.17) is 21.1 Å². The Kier molecular flexibility index (Phi) is 5.82. The molecule has 104 valence electrons. The Balaban J connectivity index is 3.19. The Morgan fingerprint density at radius 2 is 2.00 bits per heavy atom. The number of rotatable bonds is 5. The van der Waals surface area contributed by atoms with Gasteiger partial charge in [-0.1, -0.05) is 43.5 Å². The Hall–Kier alpha value is -0.590. The number of Topliss-reactive ketones (excluding diaryl/α,β-unsaturated/α-hetero) is 1. The summed E-state index contributed by atoms with van der Waals surface area (Å²) in [7, 11) is 1.43. The molecule has 0 aliphatic rings. The largest absolute Gasteiger partial charge is 0.496 e. The van der Waals surface area contributed by atoms with Gasteiger partial charge < -0.3 is 9.47 Å². The van der Waals surface area contributed by atoms with E-state index in [2.05, 4.69) is 31.9 Å². The van der Waals surface area contributed by atoms with E-state index in [0.717, 1.165) is 0 Å². The fourth-order valence-corrected chi connectivity index (χ4v) is 2.17. The molecule has 0 unspecified atom stereocenters. The summed E-state index contributed by atoms with van der Waals surface area (Å²) in [5, 5.41) is 0.365. The lowest BCUT2D eigenvalue weighted by Crippen LogP contribution is -2.36. The summed E-state index contributed by atoms with van der Waals surface area (Å²) < 4.78 is 8.25. The maximum Gasteiger partial charge on any atom is 0.342 e. The molecule has 0 saturated heterocycles. The number of methoxy groups -OCH3 is 1. The summed E-state index contributed by atoms with van der Waals surface area (Å²) in [6.07, 6.45) is 0.